The molecular formula is C11H11Br2NO2S. The second-order valence-corrected chi connectivity index (χ2v) is 7.26. The quantitative estimate of drug-likeness (QED) is 0.799. The Labute approximate surface area is 120 Å². The number of imide groups is 1. The summed E-state index contributed by atoms with van der Waals surface area (Å²) in [5, 5.41) is 2.40. The van der Waals surface area contributed by atoms with Crippen LogP contribution in [0.15, 0.2) is 14.3 Å². The van der Waals surface area contributed by atoms with Gasteiger partial charge in [-0.05, 0) is 44.3 Å². The summed E-state index contributed by atoms with van der Waals surface area (Å²) in [5.74, 6) is -0.418. The van der Waals surface area contributed by atoms with Crippen molar-refractivity contribution >= 4 is 55.0 Å². The number of piperidine rings is 1. The molecule has 6 heteroatoms. The monoisotopic (exact) mass is 379 g/mol. The molecule has 0 aliphatic carbocycles. The van der Waals surface area contributed by atoms with Crippen LogP contribution in [0, 0.1) is 5.92 Å². The molecule has 1 aromatic rings. The Hall–Kier alpha value is -0.200. The fraction of sp³-hybridized carbons (Fsp3) is 0.455. The highest BCUT2D eigenvalue weighted by atomic mass is 79.9. The molecule has 1 aromatic heterocycles. The molecule has 3 nitrogen and oxygen atoms in total. The van der Waals surface area contributed by atoms with Gasteiger partial charge in [-0.15, -0.1) is 11.3 Å². The van der Waals surface area contributed by atoms with Gasteiger partial charge in [0.1, 0.15) is 0 Å². The van der Waals surface area contributed by atoms with Crippen LogP contribution < -0.4 is 5.32 Å². The van der Waals surface area contributed by atoms with Crippen molar-refractivity contribution in [2.45, 2.75) is 25.7 Å². The summed E-state index contributed by atoms with van der Waals surface area (Å²) in [4.78, 5) is 24.3. The van der Waals surface area contributed by atoms with Gasteiger partial charge in [-0.25, -0.2) is 0 Å². The highest BCUT2D eigenvalue weighted by Crippen LogP contribution is 2.42. The summed E-state index contributed by atoms with van der Waals surface area (Å²) in [7, 11) is 0. The van der Waals surface area contributed by atoms with E-state index in [2.05, 4.69) is 37.2 Å². The SMILES string of the molecule is CCC1C(=O)NC(=O)CC1c1cc(Br)c(Br)s1. The summed E-state index contributed by atoms with van der Waals surface area (Å²) < 4.78 is 1.98. The van der Waals surface area contributed by atoms with Crippen LogP contribution in [-0.4, -0.2) is 11.8 Å². The lowest BCUT2D eigenvalue weighted by atomic mass is 9.82. The smallest absolute Gasteiger partial charge is 0.230 e. The fourth-order valence-electron chi connectivity index (χ4n) is 2.12. The molecule has 0 radical (unpaired) electrons. The minimum atomic E-state index is -0.176. The lowest BCUT2D eigenvalue weighted by Crippen LogP contribution is -2.44. The predicted molar refractivity (Wildman–Crippen MR) is 74.0 cm³/mol. The first-order chi connectivity index (χ1) is 8.02. The number of thiophene rings is 1. The molecule has 17 heavy (non-hydrogen) atoms. The average Bonchev–Trinajstić information content (AvgIpc) is 2.58. The van der Waals surface area contributed by atoms with E-state index in [1.54, 1.807) is 11.3 Å². The molecule has 2 amide bonds. The number of amides is 2. The maximum absolute atomic E-state index is 11.8. The van der Waals surface area contributed by atoms with Crippen LogP contribution >= 0.6 is 43.2 Å². The third-order valence-electron chi connectivity index (χ3n) is 2.96. The molecule has 0 saturated carbocycles. The number of rotatable bonds is 2. The highest BCUT2D eigenvalue weighted by molar-refractivity contribution is 9.13. The first-order valence-electron chi connectivity index (χ1n) is 5.31. The Kier molecular flexibility index (Phi) is 4.05. The summed E-state index contributed by atoms with van der Waals surface area (Å²) in [5.41, 5.74) is 0. The van der Waals surface area contributed by atoms with Crippen LogP contribution in [0.2, 0.25) is 0 Å². The van der Waals surface area contributed by atoms with Gasteiger partial charge < -0.3 is 0 Å². The summed E-state index contributed by atoms with van der Waals surface area (Å²) in [6.07, 6.45) is 1.14. The van der Waals surface area contributed by atoms with E-state index in [1.165, 1.54) is 0 Å². The van der Waals surface area contributed by atoms with Gasteiger partial charge in [0, 0.05) is 27.6 Å². The lowest BCUT2D eigenvalue weighted by molar-refractivity contribution is -0.137. The van der Waals surface area contributed by atoms with E-state index in [1.807, 2.05) is 13.0 Å². The fourth-order valence-corrected chi connectivity index (χ4v) is 4.38. The van der Waals surface area contributed by atoms with Crippen molar-refractivity contribution in [1.82, 2.24) is 5.32 Å². The number of hydrogen-bond donors (Lipinski definition) is 1. The Balaban J connectivity index is 2.33. The normalized spacial score (nSPS) is 24.9. The number of nitrogens with one attached hydrogen (secondary N) is 1. The third kappa shape index (κ3) is 2.63. The molecule has 2 unspecified atom stereocenters. The van der Waals surface area contributed by atoms with Crippen LogP contribution in [0.4, 0.5) is 0 Å². The van der Waals surface area contributed by atoms with E-state index >= 15 is 0 Å². The minimum absolute atomic E-state index is 0.00819. The summed E-state index contributed by atoms with van der Waals surface area (Å²) in [6.45, 7) is 1.98. The molecule has 1 aliphatic rings. The number of hydrogen-bond acceptors (Lipinski definition) is 3. The molecule has 0 bridgehead atoms. The number of carbonyl (C=O) groups excluding carboxylic acids is 2. The molecule has 1 fully saturated rings. The number of carbonyl (C=O) groups is 2. The first kappa shape index (κ1) is 13.2. The van der Waals surface area contributed by atoms with Crippen molar-refractivity contribution in [3.63, 3.8) is 0 Å². The van der Waals surface area contributed by atoms with Gasteiger partial charge in [0.05, 0.1) is 3.79 Å². The van der Waals surface area contributed by atoms with E-state index in [0.29, 0.717) is 6.42 Å². The van der Waals surface area contributed by atoms with Crippen LogP contribution in [-0.2, 0) is 9.59 Å². The van der Waals surface area contributed by atoms with Gasteiger partial charge in [0.2, 0.25) is 11.8 Å². The molecule has 2 atom stereocenters. The molecular weight excluding hydrogens is 370 g/mol. The van der Waals surface area contributed by atoms with E-state index in [-0.39, 0.29) is 23.7 Å². The Morgan fingerprint density at radius 1 is 1.47 bits per heavy atom. The van der Waals surface area contributed by atoms with Crippen LogP contribution in [0.5, 0.6) is 0 Å². The third-order valence-corrected chi connectivity index (χ3v) is 6.35. The zero-order chi connectivity index (χ0) is 12.6. The molecule has 0 spiro atoms. The van der Waals surface area contributed by atoms with Gasteiger partial charge in [-0.3, -0.25) is 14.9 Å². The predicted octanol–water partition coefficient (Wildman–Crippen LogP) is 3.43. The largest absolute Gasteiger partial charge is 0.296 e. The van der Waals surface area contributed by atoms with Crippen molar-refractivity contribution in [3.05, 3.63) is 19.2 Å². The second-order valence-electron chi connectivity index (χ2n) is 4.01. The van der Waals surface area contributed by atoms with Crippen molar-refractivity contribution in [1.29, 1.82) is 0 Å². The van der Waals surface area contributed by atoms with Gasteiger partial charge in [-0.1, -0.05) is 6.92 Å². The van der Waals surface area contributed by atoms with Crippen LogP contribution in [0.25, 0.3) is 0 Å². The van der Waals surface area contributed by atoms with E-state index in [0.717, 1.165) is 19.6 Å². The van der Waals surface area contributed by atoms with Crippen molar-refractivity contribution in [2.75, 3.05) is 0 Å². The maximum Gasteiger partial charge on any atom is 0.230 e. The highest BCUT2D eigenvalue weighted by Gasteiger charge is 2.36. The van der Waals surface area contributed by atoms with Crippen molar-refractivity contribution in [3.8, 4) is 0 Å². The average molecular weight is 381 g/mol. The van der Waals surface area contributed by atoms with Gasteiger partial charge in [0.25, 0.3) is 0 Å². The molecule has 92 valence electrons. The van der Waals surface area contributed by atoms with Crippen molar-refractivity contribution < 1.29 is 9.59 Å². The van der Waals surface area contributed by atoms with Gasteiger partial charge in [-0.2, -0.15) is 0 Å². The molecule has 0 aromatic carbocycles. The van der Waals surface area contributed by atoms with Crippen LogP contribution in [0.1, 0.15) is 30.6 Å². The standard InChI is InChI=1S/C11H11Br2NO2S/c1-2-5-6(3-9(15)14-11(5)16)8-4-7(12)10(13)17-8/h4-6H,2-3H2,1H3,(H,14,15,16). The van der Waals surface area contributed by atoms with Crippen molar-refractivity contribution in [2.24, 2.45) is 5.92 Å². The summed E-state index contributed by atoms with van der Waals surface area (Å²) >= 11 is 8.46. The molecule has 2 rings (SSSR count). The Bertz CT molecular complexity index is 453. The number of halogens is 2. The minimum Gasteiger partial charge on any atom is -0.296 e. The molecule has 1 N–H and O–H groups in total. The first-order valence-corrected chi connectivity index (χ1v) is 7.71. The summed E-state index contributed by atoms with van der Waals surface area (Å²) in [6, 6.07) is 1.99. The van der Waals surface area contributed by atoms with Gasteiger partial charge >= 0.3 is 0 Å². The maximum atomic E-state index is 11.8. The van der Waals surface area contributed by atoms with E-state index < -0.39 is 0 Å². The van der Waals surface area contributed by atoms with E-state index in [4.69, 9.17) is 0 Å². The van der Waals surface area contributed by atoms with E-state index in [9.17, 15) is 9.59 Å². The Morgan fingerprint density at radius 2 is 2.18 bits per heavy atom. The zero-order valence-corrected chi connectivity index (χ0v) is 13.1. The zero-order valence-electron chi connectivity index (χ0n) is 9.13. The van der Waals surface area contributed by atoms with Gasteiger partial charge in [0.15, 0.2) is 0 Å². The second kappa shape index (κ2) is 5.20. The lowest BCUT2D eigenvalue weighted by Gasteiger charge is -2.28. The topological polar surface area (TPSA) is 46.2 Å². The van der Waals surface area contributed by atoms with Crippen LogP contribution in [0.3, 0.4) is 0 Å². The Morgan fingerprint density at radius 3 is 2.71 bits per heavy atom. The molecule has 1 saturated heterocycles. The molecule has 2 heterocycles. The molecule has 1 aliphatic heterocycles.